The number of nitrogens with one attached hydrogen (secondary N) is 1. The van der Waals surface area contributed by atoms with Crippen LogP contribution in [0, 0.1) is 5.82 Å². The lowest BCUT2D eigenvalue weighted by atomic mass is 10.2. The van der Waals surface area contributed by atoms with Crippen LogP contribution < -0.4 is 5.32 Å². The predicted molar refractivity (Wildman–Crippen MR) is 65.6 cm³/mol. The standard InChI is InChI=1S/C13H14FN3O/c1-10(8-17-7-6-15-9-17)16-13(18)11-4-2-3-5-12(11)14/h2-7,9-10H,8H2,1H3,(H,16,18)/t10-/m0/s1. The van der Waals surface area contributed by atoms with Gasteiger partial charge in [0.1, 0.15) is 5.82 Å². The highest BCUT2D eigenvalue weighted by Gasteiger charge is 2.13. The first-order valence-electron chi connectivity index (χ1n) is 5.68. The van der Waals surface area contributed by atoms with Gasteiger partial charge in [0, 0.05) is 25.0 Å². The molecular weight excluding hydrogens is 233 g/mol. The van der Waals surface area contributed by atoms with Crippen LogP contribution in [0.4, 0.5) is 4.39 Å². The third-order valence-corrected chi connectivity index (χ3v) is 2.54. The molecule has 0 aliphatic rings. The maximum absolute atomic E-state index is 13.4. The SMILES string of the molecule is C[C@@H](Cn1ccnc1)NC(=O)c1ccccc1F. The number of hydrogen-bond donors (Lipinski definition) is 1. The number of amides is 1. The van der Waals surface area contributed by atoms with Gasteiger partial charge < -0.3 is 9.88 Å². The van der Waals surface area contributed by atoms with Gasteiger partial charge in [0.2, 0.25) is 0 Å². The highest BCUT2D eigenvalue weighted by molar-refractivity contribution is 5.94. The van der Waals surface area contributed by atoms with Crippen molar-refractivity contribution in [2.45, 2.75) is 19.5 Å². The molecule has 0 spiro atoms. The van der Waals surface area contributed by atoms with Gasteiger partial charge in [0.05, 0.1) is 11.9 Å². The second-order valence-corrected chi connectivity index (χ2v) is 4.11. The molecule has 1 aromatic carbocycles. The van der Waals surface area contributed by atoms with Gasteiger partial charge in [-0.15, -0.1) is 0 Å². The van der Waals surface area contributed by atoms with Crippen LogP contribution in [0.25, 0.3) is 0 Å². The van der Waals surface area contributed by atoms with E-state index in [0.717, 1.165) is 0 Å². The molecule has 0 saturated heterocycles. The van der Waals surface area contributed by atoms with Gasteiger partial charge in [-0.3, -0.25) is 4.79 Å². The summed E-state index contributed by atoms with van der Waals surface area (Å²) in [7, 11) is 0. The largest absolute Gasteiger partial charge is 0.348 e. The topological polar surface area (TPSA) is 46.9 Å². The quantitative estimate of drug-likeness (QED) is 0.896. The molecule has 0 fully saturated rings. The van der Waals surface area contributed by atoms with Gasteiger partial charge in [0.25, 0.3) is 5.91 Å². The Hall–Kier alpha value is -2.17. The predicted octanol–water partition coefficient (Wildman–Crippen LogP) is 1.84. The molecule has 1 heterocycles. The molecule has 4 nitrogen and oxygen atoms in total. The maximum Gasteiger partial charge on any atom is 0.254 e. The number of benzene rings is 1. The molecule has 0 aliphatic heterocycles. The van der Waals surface area contributed by atoms with Crippen LogP contribution in [0.15, 0.2) is 43.0 Å². The van der Waals surface area contributed by atoms with Crippen LogP contribution in [0.1, 0.15) is 17.3 Å². The third kappa shape index (κ3) is 2.94. The Morgan fingerprint density at radius 2 is 2.28 bits per heavy atom. The lowest BCUT2D eigenvalue weighted by Gasteiger charge is -2.14. The molecule has 1 N–H and O–H groups in total. The number of nitrogens with zero attached hydrogens (tertiary/aromatic N) is 2. The van der Waals surface area contributed by atoms with E-state index in [1.165, 1.54) is 12.1 Å². The summed E-state index contributed by atoms with van der Waals surface area (Å²) < 4.78 is 15.2. The minimum Gasteiger partial charge on any atom is -0.348 e. The lowest BCUT2D eigenvalue weighted by Crippen LogP contribution is -2.35. The number of halogens is 1. The number of imidazole rings is 1. The molecule has 5 heteroatoms. The summed E-state index contributed by atoms with van der Waals surface area (Å²) >= 11 is 0. The van der Waals surface area contributed by atoms with Crippen molar-refractivity contribution in [1.82, 2.24) is 14.9 Å². The minimum absolute atomic E-state index is 0.0648. The summed E-state index contributed by atoms with van der Waals surface area (Å²) in [5.74, 6) is -0.912. The Kier molecular flexibility index (Phi) is 3.72. The molecule has 0 unspecified atom stereocenters. The molecule has 94 valence electrons. The fraction of sp³-hybridized carbons (Fsp3) is 0.231. The van der Waals surface area contributed by atoms with Gasteiger partial charge in [-0.25, -0.2) is 9.37 Å². The molecule has 1 amide bonds. The van der Waals surface area contributed by atoms with Crippen molar-refractivity contribution in [3.8, 4) is 0 Å². The number of carbonyl (C=O) groups excluding carboxylic acids is 1. The average Bonchev–Trinajstić information content (AvgIpc) is 2.82. The molecule has 2 aromatic rings. The van der Waals surface area contributed by atoms with E-state index >= 15 is 0 Å². The molecule has 1 aromatic heterocycles. The van der Waals surface area contributed by atoms with Crippen molar-refractivity contribution >= 4 is 5.91 Å². The van der Waals surface area contributed by atoms with Crippen molar-refractivity contribution in [1.29, 1.82) is 0 Å². The van der Waals surface area contributed by atoms with Gasteiger partial charge in [-0.2, -0.15) is 0 Å². The molecule has 2 rings (SSSR count). The Balaban J connectivity index is 1.97. The van der Waals surface area contributed by atoms with Crippen LogP contribution in [0.2, 0.25) is 0 Å². The Bertz CT molecular complexity index is 525. The van der Waals surface area contributed by atoms with E-state index in [4.69, 9.17) is 0 Å². The Labute approximate surface area is 104 Å². The minimum atomic E-state index is -0.509. The van der Waals surface area contributed by atoms with Gasteiger partial charge in [-0.1, -0.05) is 12.1 Å². The second-order valence-electron chi connectivity index (χ2n) is 4.11. The summed E-state index contributed by atoms with van der Waals surface area (Å²) in [4.78, 5) is 15.7. The Morgan fingerprint density at radius 1 is 1.50 bits per heavy atom. The third-order valence-electron chi connectivity index (χ3n) is 2.54. The summed E-state index contributed by atoms with van der Waals surface area (Å²) in [6.07, 6.45) is 5.16. The van der Waals surface area contributed by atoms with Gasteiger partial charge in [-0.05, 0) is 19.1 Å². The van der Waals surface area contributed by atoms with E-state index < -0.39 is 11.7 Å². The molecular formula is C13H14FN3O. The zero-order chi connectivity index (χ0) is 13.0. The first-order chi connectivity index (χ1) is 8.66. The highest BCUT2D eigenvalue weighted by atomic mass is 19.1. The molecule has 0 radical (unpaired) electrons. The highest BCUT2D eigenvalue weighted by Crippen LogP contribution is 2.06. The zero-order valence-electron chi connectivity index (χ0n) is 10.0. The first-order valence-corrected chi connectivity index (χ1v) is 5.68. The fourth-order valence-electron chi connectivity index (χ4n) is 1.70. The molecule has 0 saturated carbocycles. The van der Waals surface area contributed by atoms with Gasteiger partial charge in [0.15, 0.2) is 0 Å². The summed E-state index contributed by atoms with van der Waals surface area (Å²) in [6.45, 7) is 2.46. The van der Waals surface area contributed by atoms with Crippen LogP contribution in [-0.2, 0) is 6.54 Å². The summed E-state index contributed by atoms with van der Waals surface area (Å²) in [5, 5.41) is 2.75. The van der Waals surface area contributed by atoms with E-state index in [1.807, 2.05) is 17.7 Å². The van der Waals surface area contributed by atoms with Crippen molar-refractivity contribution in [2.75, 3.05) is 0 Å². The van der Waals surface area contributed by atoms with E-state index in [9.17, 15) is 9.18 Å². The molecule has 1 atom stereocenters. The van der Waals surface area contributed by atoms with Crippen LogP contribution >= 0.6 is 0 Å². The van der Waals surface area contributed by atoms with Crippen molar-refractivity contribution < 1.29 is 9.18 Å². The van der Waals surface area contributed by atoms with Crippen molar-refractivity contribution in [3.05, 3.63) is 54.4 Å². The number of rotatable bonds is 4. The molecule has 18 heavy (non-hydrogen) atoms. The smallest absolute Gasteiger partial charge is 0.254 e. The normalized spacial score (nSPS) is 12.1. The lowest BCUT2D eigenvalue weighted by molar-refractivity contribution is 0.0932. The molecule has 0 bridgehead atoms. The zero-order valence-corrected chi connectivity index (χ0v) is 10.0. The van der Waals surface area contributed by atoms with Gasteiger partial charge >= 0.3 is 0 Å². The maximum atomic E-state index is 13.4. The average molecular weight is 247 g/mol. The molecule has 0 aliphatic carbocycles. The fourth-order valence-corrected chi connectivity index (χ4v) is 1.70. The van der Waals surface area contributed by atoms with Crippen molar-refractivity contribution in [2.24, 2.45) is 0 Å². The summed E-state index contributed by atoms with van der Waals surface area (Å²) in [5.41, 5.74) is 0.0648. The van der Waals surface area contributed by atoms with Crippen molar-refractivity contribution in [3.63, 3.8) is 0 Å². The monoisotopic (exact) mass is 247 g/mol. The Morgan fingerprint density at radius 3 is 2.94 bits per heavy atom. The number of carbonyl (C=O) groups is 1. The number of aromatic nitrogens is 2. The van der Waals surface area contributed by atoms with Crippen LogP contribution in [0.5, 0.6) is 0 Å². The summed E-state index contributed by atoms with van der Waals surface area (Å²) in [6, 6.07) is 5.83. The van der Waals surface area contributed by atoms with Crippen LogP contribution in [0.3, 0.4) is 0 Å². The van der Waals surface area contributed by atoms with E-state index in [2.05, 4.69) is 10.3 Å². The van der Waals surface area contributed by atoms with E-state index in [-0.39, 0.29) is 11.6 Å². The number of hydrogen-bond acceptors (Lipinski definition) is 2. The van der Waals surface area contributed by atoms with Crippen LogP contribution in [-0.4, -0.2) is 21.5 Å². The van der Waals surface area contributed by atoms with E-state index in [0.29, 0.717) is 6.54 Å². The second kappa shape index (κ2) is 5.44. The van der Waals surface area contributed by atoms with E-state index in [1.54, 1.807) is 24.7 Å². The first kappa shape index (κ1) is 12.3.